The summed E-state index contributed by atoms with van der Waals surface area (Å²) in [5.74, 6) is -0.871. The van der Waals surface area contributed by atoms with E-state index in [0.717, 1.165) is 18.6 Å². The molecule has 2 rings (SSSR count). The van der Waals surface area contributed by atoms with Crippen molar-refractivity contribution >= 4 is 0 Å². The molecule has 0 bridgehead atoms. The van der Waals surface area contributed by atoms with Crippen LogP contribution < -0.4 is 5.32 Å². The van der Waals surface area contributed by atoms with Gasteiger partial charge in [-0.1, -0.05) is 0 Å². The Balaban J connectivity index is 2.05. The average Bonchev–Trinajstić information content (AvgIpc) is 2.77. The molecule has 0 aliphatic carbocycles. The number of hydrogen-bond acceptors (Lipinski definition) is 2. The van der Waals surface area contributed by atoms with Gasteiger partial charge in [-0.3, -0.25) is 0 Å². The van der Waals surface area contributed by atoms with Gasteiger partial charge in [-0.25, -0.2) is 4.39 Å². The van der Waals surface area contributed by atoms with Crippen LogP contribution in [0.3, 0.4) is 0 Å². The molecule has 1 aliphatic heterocycles. The fraction of sp³-hybridized carbons (Fsp3) is 0.500. The monoisotopic (exact) mass is 263 g/mol. The van der Waals surface area contributed by atoms with Crippen molar-refractivity contribution in [3.63, 3.8) is 0 Å². The van der Waals surface area contributed by atoms with Crippen molar-refractivity contribution in [3.05, 3.63) is 35.1 Å². The van der Waals surface area contributed by atoms with Crippen molar-refractivity contribution in [3.8, 4) is 0 Å². The van der Waals surface area contributed by atoms with Gasteiger partial charge in [0.2, 0.25) is 0 Å². The van der Waals surface area contributed by atoms with E-state index in [1.54, 1.807) is 0 Å². The molecular weight excluding hydrogens is 250 g/mol. The van der Waals surface area contributed by atoms with Gasteiger partial charge in [0.25, 0.3) is 0 Å². The van der Waals surface area contributed by atoms with Crippen LogP contribution in [0, 0.1) is 5.82 Å². The predicted octanol–water partition coefficient (Wildman–Crippen LogP) is 2.72. The van der Waals surface area contributed by atoms with E-state index in [9.17, 15) is 17.6 Å². The zero-order valence-corrected chi connectivity index (χ0v) is 9.56. The molecule has 1 saturated heterocycles. The first-order valence-electron chi connectivity index (χ1n) is 5.63. The van der Waals surface area contributed by atoms with Crippen molar-refractivity contribution < 1.29 is 22.3 Å². The van der Waals surface area contributed by atoms with E-state index in [0.29, 0.717) is 19.3 Å². The van der Waals surface area contributed by atoms with E-state index in [1.165, 1.54) is 0 Å². The maximum absolute atomic E-state index is 13.1. The van der Waals surface area contributed by atoms with Gasteiger partial charge in [-0.05, 0) is 30.2 Å². The average molecular weight is 263 g/mol. The van der Waals surface area contributed by atoms with Gasteiger partial charge in [0, 0.05) is 19.2 Å². The highest BCUT2D eigenvalue weighted by molar-refractivity contribution is 5.26. The van der Waals surface area contributed by atoms with Crippen LogP contribution in [0.15, 0.2) is 18.2 Å². The number of alkyl halides is 3. The highest BCUT2D eigenvalue weighted by Crippen LogP contribution is 2.30. The first kappa shape index (κ1) is 13.3. The number of hydrogen-bond donors (Lipinski definition) is 1. The molecule has 2 nitrogen and oxygen atoms in total. The molecule has 1 unspecified atom stereocenters. The summed E-state index contributed by atoms with van der Waals surface area (Å²) >= 11 is 0. The van der Waals surface area contributed by atoms with Gasteiger partial charge in [-0.2, -0.15) is 13.2 Å². The molecule has 1 aromatic carbocycles. The topological polar surface area (TPSA) is 21.3 Å². The van der Waals surface area contributed by atoms with Crippen LogP contribution in [0.5, 0.6) is 0 Å². The van der Waals surface area contributed by atoms with Crippen LogP contribution >= 0.6 is 0 Å². The third kappa shape index (κ3) is 3.43. The minimum Gasteiger partial charge on any atom is -0.380 e. The van der Waals surface area contributed by atoms with Crippen molar-refractivity contribution in [2.45, 2.75) is 25.2 Å². The van der Waals surface area contributed by atoms with E-state index < -0.39 is 17.6 Å². The van der Waals surface area contributed by atoms with Gasteiger partial charge in [0.05, 0.1) is 12.2 Å². The van der Waals surface area contributed by atoms with E-state index in [-0.39, 0.29) is 18.2 Å². The van der Waals surface area contributed by atoms with Gasteiger partial charge in [0.1, 0.15) is 5.82 Å². The smallest absolute Gasteiger partial charge is 0.380 e. The van der Waals surface area contributed by atoms with Crippen molar-refractivity contribution in [2.75, 3.05) is 13.2 Å². The van der Waals surface area contributed by atoms with Gasteiger partial charge < -0.3 is 10.1 Å². The lowest BCUT2D eigenvalue weighted by Gasteiger charge is -2.12. The molecule has 0 amide bonds. The molecule has 6 heteroatoms. The molecule has 1 N–H and O–H groups in total. The largest absolute Gasteiger partial charge is 0.416 e. The van der Waals surface area contributed by atoms with Crippen LogP contribution in [-0.2, 0) is 17.5 Å². The fourth-order valence-electron chi connectivity index (χ4n) is 1.87. The molecule has 18 heavy (non-hydrogen) atoms. The second-order valence-corrected chi connectivity index (χ2v) is 4.29. The maximum atomic E-state index is 13.1. The maximum Gasteiger partial charge on any atom is 0.416 e. The van der Waals surface area contributed by atoms with E-state index >= 15 is 0 Å². The SMILES string of the molecule is Fc1cc(CNC2CCOC2)cc(C(F)(F)F)c1. The van der Waals surface area contributed by atoms with E-state index in [2.05, 4.69) is 5.32 Å². The van der Waals surface area contributed by atoms with Gasteiger partial charge >= 0.3 is 6.18 Å². The Hall–Kier alpha value is -1.14. The van der Waals surface area contributed by atoms with Crippen LogP contribution in [0.4, 0.5) is 17.6 Å². The van der Waals surface area contributed by atoms with E-state index in [1.807, 2.05) is 0 Å². The highest BCUT2D eigenvalue weighted by Gasteiger charge is 2.31. The Kier molecular flexibility index (Phi) is 3.87. The molecular formula is C12H13F4NO. The lowest BCUT2D eigenvalue weighted by atomic mass is 10.1. The second-order valence-electron chi connectivity index (χ2n) is 4.29. The zero-order chi connectivity index (χ0) is 13.2. The normalized spacial score (nSPS) is 20.3. The molecule has 0 saturated carbocycles. The molecule has 100 valence electrons. The minimum atomic E-state index is -4.52. The Bertz CT molecular complexity index is 413. The highest BCUT2D eigenvalue weighted by atomic mass is 19.4. The lowest BCUT2D eigenvalue weighted by Crippen LogP contribution is -2.28. The summed E-state index contributed by atoms with van der Waals surface area (Å²) < 4.78 is 55.7. The number of nitrogens with one attached hydrogen (secondary N) is 1. The molecule has 1 aromatic rings. The lowest BCUT2D eigenvalue weighted by molar-refractivity contribution is -0.137. The van der Waals surface area contributed by atoms with Crippen molar-refractivity contribution in [1.29, 1.82) is 0 Å². The van der Waals surface area contributed by atoms with Crippen molar-refractivity contribution in [1.82, 2.24) is 5.32 Å². The Labute approximate surface area is 102 Å². The fourth-order valence-corrected chi connectivity index (χ4v) is 1.87. The van der Waals surface area contributed by atoms with Crippen LogP contribution in [0.2, 0.25) is 0 Å². The third-order valence-electron chi connectivity index (χ3n) is 2.81. The quantitative estimate of drug-likeness (QED) is 0.847. The number of rotatable bonds is 3. The first-order valence-corrected chi connectivity index (χ1v) is 5.63. The zero-order valence-electron chi connectivity index (χ0n) is 9.56. The molecule has 1 atom stereocenters. The minimum absolute atomic E-state index is 0.127. The van der Waals surface area contributed by atoms with E-state index in [4.69, 9.17) is 4.74 Å². The Morgan fingerprint density at radius 3 is 2.67 bits per heavy atom. The van der Waals surface area contributed by atoms with Gasteiger partial charge in [-0.15, -0.1) is 0 Å². The molecule has 1 heterocycles. The molecule has 0 spiro atoms. The molecule has 0 aromatic heterocycles. The summed E-state index contributed by atoms with van der Waals surface area (Å²) in [6.45, 7) is 1.39. The summed E-state index contributed by atoms with van der Waals surface area (Å²) in [4.78, 5) is 0. The molecule has 0 radical (unpaired) electrons. The Morgan fingerprint density at radius 1 is 1.28 bits per heavy atom. The number of halogens is 4. The summed E-state index contributed by atoms with van der Waals surface area (Å²) in [6, 6.07) is 2.70. The van der Waals surface area contributed by atoms with Crippen molar-refractivity contribution in [2.24, 2.45) is 0 Å². The van der Waals surface area contributed by atoms with Gasteiger partial charge in [0.15, 0.2) is 0 Å². The summed E-state index contributed by atoms with van der Waals surface area (Å²) in [5, 5.41) is 3.04. The summed E-state index contributed by atoms with van der Waals surface area (Å²) in [5.41, 5.74) is -0.670. The number of benzene rings is 1. The molecule has 1 fully saturated rings. The van der Waals surface area contributed by atoms with Crippen LogP contribution in [-0.4, -0.2) is 19.3 Å². The summed E-state index contributed by atoms with van der Waals surface area (Å²) in [6.07, 6.45) is -3.70. The van der Waals surface area contributed by atoms with Crippen LogP contribution in [0.1, 0.15) is 17.5 Å². The second kappa shape index (κ2) is 5.24. The van der Waals surface area contributed by atoms with Crippen LogP contribution in [0.25, 0.3) is 0 Å². The summed E-state index contributed by atoms with van der Waals surface area (Å²) in [7, 11) is 0. The standard InChI is InChI=1S/C12H13F4NO/c13-10-4-8(3-9(5-10)12(14,15)16)6-17-11-1-2-18-7-11/h3-5,11,17H,1-2,6-7H2. The Morgan fingerprint density at radius 2 is 2.06 bits per heavy atom. The predicted molar refractivity (Wildman–Crippen MR) is 57.5 cm³/mol. The number of ether oxygens (including phenoxy) is 1. The third-order valence-corrected chi connectivity index (χ3v) is 2.81. The first-order chi connectivity index (χ1) is 8.45. The molecule has 1 aliphatic rings.